The first-order valence-corrected chi connectivity index (χ1v) is 7.22. The lowest BCUT2D eigenvalue weighted by molar-refractivity contribution is 0.130. The van der Waals surface area contributed by atoms with Gasteiger partial charge in [-0.25, -0.2) is 9.18 Å². The summed E-state index contributed by atoms with van der Waals surface area (Å²) >= 11 is 5.66. The lowest BCUT2D eigenvalue weighted by atomic mass is 10.1. The maximum Gasteiger partial charge on any atom is 0.319 e. The summed E-state index contributed by atoms with van der Waals surface area (Å²) < 4.78 is 13.6. The van der Waals surface area contributed by atoms with E-state index in [0.717, 1.165) is 19.6 Å². The SMILES string of the molecule is CCCCN1CC(NC(=O)Nc2cccc(Cl)c2F)C1. The fourth-order valence-corrected chi connectivity index (χ4v) is 2.34. The van der Waals surface area contributed by atoms with Crippen LogP contribution in [0, 0.1) is 5.82 Å². The van der Waals surface area contributed by atoms with Gasteiger partial charge < -0.3 is 10.6 Å². The lowest BCUT2D eigenvalue weighted by Crippen LogP contribution is -2.59. The highest BCUT2D eigenvalue weighted by Crippen LogP contribution is 2.21. The molecule has 110 valence electrons. The van der Waals surface area contributed by atoms with E-state index >= 15 is 0 Å². The highest BCUT2D eigenvalue weighted by Gasteiger charge is 2.27. The van der Waals surface area contributed by atoms with Gasteiger partial charge in [-0.2, -0.15) is 0 Å². The monoisotopic (exact) mass is 299 g/mol. The number of nitrogens with one attached hydrogen (secondary N) is 2. The standard InChI is InChI=1S/C14H19ClFN3O/c1-2-3-7-19-8-10(9-19)17-14(20)18-12-6-4-5-11(15)13(12)16/h4-6,10H,2-3,7-9H2,1H3,(H2,17,18,20). The molecule has 1 fully saturated rings. The second-order valence-electron chi connectivity index (χ2n) is 5.01. The first-order chi connectivity index (χ1) is 9.60. The fourth-order valence-electron chi connectivity index (χ4n) is 2.17. The molecule has 0 saturated carbocycles. The molecule has 2 rings (SSSR count). The molecule has 0 aromatic heterocycles. The molecule has 2 amide bonds. The van der Waals surface area contributed by atoms with Crippen LogP contribution in [0.3, 0.4) is 0 Å². The second-order valence-corrected chi connectivity index (χ2v) is 5.42. The largest absolute Gasteiger partial charge is 0.333 e. The highest BCUT2D eigenvalue weighted by molar-refractivity contribution is 6.31. The number of nitrogens with zero attached hydrogens (tertiary/aromatic N) is 1. The van der Waals surface area contributed by atoms with Crippen molar-refractivity contribution in [2.45, 2.75) is 25.8 Å². The molecule has 0 unspecified atom stereocenters. The van der Waals surface area contributed by atoms with Crippen LogP contribution in [-0.4, -0.2) is 36.6 Å². The summed E-state index contributed by atoms with van der Waals surface area (Å²) in [6.07, 6.45) is 2.34. The van der Waals surface area contributed by atoms with Crippen molar-refractivity contribution in [2.24, 2.45) is 0 Å². The zero-order valence-corrected chi connectivity index (χ0v) is 12.2. The summed E-state index contributed by atoms with van der Waals surface area (Å²) in [7, 11) is 0. The van der Waals surface area contributed by atoms with E-state index < -0.39 is 11.8 Å². The van der Waals surface area contributed by atoms with E-state index in [-0.39, 0.29) is 16.8 Å². The summed E-state index contributed by atoms with van der Waals surface area (Å²) in [5, 5.41) is 5.29. The van der Waals surface area contributed by atoms with Gasteiger partial charge >= 0.3 is 6.03 Å². The third kappa shape index (κ3) is 3.84. The molecule has 1 saturated heterocycles. The molecule has 2 N–H and O–H groups in total. The van der Waals surface area contributed by atoms with Crippen molar-refractivity contribution < 1.29 is 9.18 Å². The number of urea groups is 1. The quantitative estimate of drug-likeness (QED) is 0.877. The Balaban J connectivity index is 1.75. The average molecular weight is 300 g/mol. The first-order valence-electron chi connectivity index (χ1n) is 6.84. The topological polar surface area (TPSA) is 44.4 Å². The molecule has 4 nitrogen and oxygen atoms in total. The number of hydrogen-bond donors (Lipinski definition) is 2. The van der Waals surface area contributed by atoms with E-state index in [2.05, 4.69) is 22.5 Å². The van der Waals surface area contributed by atoms with Gasteiger partial charge in [-0.05, 0) is 25.1 Å². The molecule has 1 aliphatic rings. The van der Waals surface area contributed by atoms with Gasteiger partial charge in [0, 0.05) is 13.1 Å². The number of carbonyl (C=O) groups excluding carboxylic acids is 1. The Morgan fingerprint density at radius 1 is 1.50 bits per heavy atom. The number of rotatable bonds is 5. The number of likely N-dealkylation sites (tertiary alicyclic amines) is 1. The highest BCUT2D eigenvalue weighted by atomic mass is 35.5. The van der Waals surface area contributed by atoms with Crippen LogP contribution >= 0.6 is 11.6 Å². The molecule has 0 atom stereocenters. The van der Waals surface area contributed by atoms with Crippen molar-refractivity contribution in [3.8, 4) is 0 Å². The van der Waals surface area contributed by atoms with Crippen molar-refractivity contribution >= 4 is 23.3 Å². The van der Waals surface area contributed by atoms with E-state index in [9.17, 15) is 9.18 Å². The maximum absolute atomic E-state index is 13.6. The van der Waals surface area contributed by atoms with Crippen molar-refractivity contribution in [3.05, 3.63) is 29.0 Å². The van der Waals surface area contributed by atoms with Crippen LogP contribution in [-0.2, 0) is 0 Å². The number of anilines is 1. The molecular formula is C14H19ClFN3O. The van der Waals surface area contributed by atoms with Crippen molar-refractivity contribution in [2.75, 3.05) is 25.0 Å². The molecule has 1 heterocycles. The molecule has 0 aliphatic carbocycles. The minimum absolute atomic E-state index is 0.00261. The third-order valence-electron chi connectivity index (χ3n) is 3.32. The molecule has 1 aromatic rings. The Labute approximate surface area is 123 Å². The fraction of sp³-hybridized carbons (Fsp3) is 0.500. The number of hydrogen-bond acceptors (Lipinski definition) is 2. The number of amides is 2. The first kappa shape index (κ1) is 15.1. The van der Waals surface area contributed by atoms with E-state index in [1.165, 1.54) is 25.0 Å². The van der Waals surface area contributed by atoms with Crippen molar-refractivity contribution in [1.29, 1.82) is 0 Å². The minimum atomic E-state index is -0.609. The smallest absolute Gasteiger partial charge is 0.319 e. The van der Waals surface area contributed by atoms with Crippen LogP contribution < -0.4 is 10.6 Å². The Morgan fingerprint density at radius 3 is 2.95 bits per heavy atom. The number of benzene rings is 1. The number of halogens is 2. The molecule has 20 heavy (non-hydrogen) atoms. The summed E-state index contributed by atoms with van der Waals surface area (Å²) in [4.78, 5) is 14.0. The summed E-state index contributed by atoms with van der Waals surface area (Å²) in [6, 6.07) is 4.25. The van der Waals surface area contributed by atoms with Gasteiger partial charge in [0.25, 0.3) is 0 Å². The van der Waals surface area contributed by atoms with E-state index in [4.69, 9.17) is 11.6 Å². The predicted molar refractivity (Wildman–Crippen MR) is 78.7 cm³/mol. The minimum Gasteiger partial charge on any atom is -0.333 e. The Kier molecular flexibility index (Phi) is 5.20. The summed E-state index contributed by atoms with van der Waals surface area (Å²) in [5.74, 6) is -0.609. The van der Waals surface area contributed by atoms with Crippen molar-refractivity contribution in [1.82, 2.24) is 10.2 Å². The Hall–Kier alpha value is -1.33. The van der Waals surface area contributed by atoms with Gasteiger partial charge in [-0.3, -0.25) is 4.90 Å². The average Bonchev–Trinajstić information content (AvgIpc) is 2.37. The molecule has 1 aromatic carbocycles. The van der Waals surface area contributed by atoms with Crippen LogP contribution in [0.4, 0.5) is 14.9 Å². The second kappa shape index (κ2) is 6.90. The molecule has 1 aliphatic heterocycles. The van der Waals surface area contributed by atoms with Crippen LogP contribution in [0.25, 0.3) is 0 Å². The van der Waals surface area contributed by atoms with Crippen LogP contribution in [0.15, 0.2) is 18.2 Å². The third-order valence-corrected chi connectivity index (χ3v) is 3.61. The molecule has 0 bridgehead atoms. The van der Waals surface area contributed by atoms with Gasteiger partial charge in [0.05, 0.1) is 16.8 Å². The predicted octanol–water partition coefficient (Wildman–Crippen LogP) is 3.08. The zero-order valence-electron chi connectivity index (χ0n) is 11.5. The zero-order chi connectivity index (χ0) is 14.5. The number of carbonyl (C=O) groups is 1. The molecule has 6 heteroatoms. The van der Waals surface area contributed by atoms with E-state index in [0.29, 0.717) is 0 Å². The molecule has 0 spiro atoms. The summed E-state index contributed by atoms with van der Waals surface area (Å²) in [5.41, 5.74) is 0.0946. The molecular weight excluding hydrogens is 281 g/mol. The van der Waals surface area contributed by atoms with Crippen molar-refractivity contribution in [3.63, 3.8) is 0 Å². The van der Waals surface area contributed by atoms with Gasteiger partial charge in [-0.15, -0.1) is 0 Å². The van der Waals surface area contributed by atoms with Gasteiger partial charge in [0.2, 0.25) is 0 Å². The Morgan fingerprint density at radius 2 is 2.25 bits per heavy atom. The number of unbranched alkanes of at least 4 members (excludes halogenated alkanes) is 1. The van der Waals surface area contributed by atoms with Gasteiger partial charge in [-0.1, -0.05) is 31.0 Å². The van der Waals surface area contributed by atoms with Gasteiger partial charge in [0.15, 0.2) is 5.82 Å². The van der Waals surface area contributed by atoms with Crippen LogP contribution in [0.2, 0.25) is 5.02 Å². The lowest BCUT2D eigenvalue weighted by Gasteiger charge is -2.39. The summed E-state index contributed by atoms with van der Waals surface area (Å²) in [6.45, 7) is 4.93. The van der Waals surface area contributed by atoms with Crippen LogP contribution in [0.5, 0.6) is 0 Å². The van der Waals surface area contributed by atoms with E-state index in [1.54, 1.807) is 6.07 Å². The molecule has 0 radical (unpaired) electrons. The normalized spacial score (nSPS) is 15.8. The van der Waals surface area contributed by atoms with Crippen LogP contribution in [0.1, 0.15) is 19.8 Å². The van der Waals surface area contributed by atoms with Gasteiger partial charge in [0.1, 0.15) is 0 Å². The maximum atomic E-state index is 13.6. The van der Waals surface area contributed by atoms with E-state index in [1.807, 2.05) is 0 Å². The Bertz CT molecular complexity index is 477.